The Labute approximate surface area is 144 Å². The van der Waals surface area contributed by atoms with Crippen molar-refractivity contribution in [2.75, 3.05) is 19.8 Å². The Bertz CT molecular complexity index is 586. The number of hydrogen-bond acceptors (Lipinski definition) is 3. The fourth-order valence-electron chi connectivity index (χ4n) is 4.02. The highest BCUT2D eigenvalue weighted by Crippen LogP contribution is 2.35. The number of urea groups is 1. The molecule has 0 bridgehead atoms. The minimum Gasteiger partial charge on any atom is -0.381 e. The Balaban J connectivity index is 1.58. The SMILES string of the molecule is Cc1cc(C)c(CNC(=O)NC2CCOC23CCOCC3)c(C)c1. The van der Waals surface area contributed by atoms with Crippen molar-refractivity contribution in [1.29, 1.82) is 0 Å². The fourth-order valence-corrected chi connectivity index (χ4v) is 4.02. The summed E-state index contributed by atoms with van der Waals surface area (Å²) in [5, 5.41) is 6.14. The van der Waals surface area contributed by atoms with Crippen molar-refractivity contribution in [2.24, 2.45) is 0 Å². The van der Waals surface area contributed by atoms with Gasteiger partial charge in [0.1, 0.15) is 0 Å². The number of carbonyl (C=O) groups is 1. The average molecular weight is 332 g/mol. The number of benzene rings is 1. The van der Waals surface area contributed by atoms with E-state index in [0.717, 1.165) is 19.3 Å². The number of aryl methyl sites for hydroxylation is 3. The van der Waals surface area contributed by atoms with Gasteiger partial charge >= 0.3 is 6.03 Å². The van der Waals surface area contributed by atoms with Crippen molar-refractivity contribution < 1.29 is 14.3 Å². The van der Waals surface area contributed by atoms with Crippen LogP contribution in [-0.2, 0) is 16.0 Å². The predicted octanol–water partition coefficient (Wildman–Crippen LogP) is 2.75. The van der Waals surface area contributed by atoms with Gasteiger partial charge in [0, 0.05) is 39.2 Å². The molecule has 2 saturated heterocycles. The molecule has 1 spiro atoms. The van der Waals surface area contributed by atoms with Gasteiger partial charge in [-0.25, -0.2) is 4.79 Å². The Hall–Kier alpha value is -1.59. The first kappa shape index (κ1) is 17.2. The van der Waals surface area contributed by atoms with Crippen LogP contribution in [0.2, 0.25) is 0 Å². The zero-order chi connectivity index (χ0) is 17.2. The highest BCUT2D eigenvalue weighted by Gasteiger charge is 2.46. The molecule has 0 saturated carbocycles. The molecule has 2 N–H and O–H groups in total. The summed E-state index contributed by atoms with van der Waals surface area (Å²) < 4.78 is 11.4. The fraction of sp³-hybridized carbons (Fsp3) is 0.632. The molecule has 2 aliphatic rings. The van der Waals surface area contributed by atoms with Gasteiger partial charge in [0.15, 0.2) is 0 Å². The molecule has 2 heterocycles. The number of rotatable bonds is 3. The number of nitrogens with one attached hydrogen (secondary N) is 2. The maximum Gasteiger partial charge on any atom is 0.315 e. The summed E-state index contributed by atoms with van der Waals surface area (Å²) in [5.74, 6) is 0. The quantitative estimate of drug-likeness (QED) is 0.895. The molecule has 1 atom stereocenters. The van der Waals surface area contributed by atoms with Crippen LogP contribution < -0.4 is 10.6 Å². The third kappa shape index (κ3) is 3.57. The maximum absolute atomic E-state index is 12.4. The Morgan fingerprint density at radius 1 is 1.17 bits per heavy atom. The lowest BCUT2D eigenvalue weighted by Crippen LogP contribution is -2.54. The van der Waals surface area contributed by atoms with Crippen LogP contribution in [0.4, 0.5) is 4.79 Å². The topological polar surface area (TPSA) is 59.6 Å². The smallest absolute Gasteiger partial charge is 0.315 e. The summed E-state index contributed by atoms with van der Waals surface area (Å²) in [6.45, 7) is 8.96. The van der Waals surface area contributed by atoms with Crippen molar-refractivity contribution in [2.45, 2.75) is 58.2 Å². The van der Waals surface area contributed by atoms with Gasteiger partial charge in [-0.05, 0) is 43.9 Å². The summed E-state index contributed by atoms with van der Waals surface area (Å²) in [7, 11) is 0. The van der Waals surface area contributed by atoms with Gasteiger partial charge in [-0.2, -0.15) is 0 Å². The van der Waals surface area contributed by atoms with Crippen LogP contribution in [0.15, 0.2) is 12.1 Å². The minimum atomic E-state index is -0.231. The Morgan fingerprint density at radius 2 is 1.83 bits per heavy atom. The van der Waals surface area contributed by atoms with E-state index in [-0.39, 0.29) is 17.7 Å². The van der Waals surface area contributed by atoms with Crippen LogP contribution in [0.25, 0.3) is 0 Å². The number of hydrogen-bond donors (Lipinski definition) is 2. The molecule has 24 heavy (non-hydrogen) atoms. The Morgan fingerprint density at radius 3 is 2.50 bits per heavy atom. The molecule has 1 aromatic rings. The Kier molecular flexibility index (Phi) is 5.11. The second-order valence-corrected chi connectivity index (χ2v) is 7.07. The zero-order valence-electron chi connectivity index (χ0n) is 14.9. The van der Waals surface area contributed by atoms with E-state index in [0.29, 0.717) is 26.4 Å². The minimum absolute atomic E-state index is 0.0709. The van der Waals surface area contributed by atoms with Crippen LogP contribution in [0.5, 0.6) is 0 Å². The van der Waals surface area contributed by atoms with Gasteiger partial charge in [-0.15, -0.1) is 0 Å². The van der Waals surface area contributed by atoms with Gasteiger partial charge < -0.3 is 20.1 Å². The van der Waals surface area contributed by atoms with Crippen molar-refractivity contribution >= 4 is 6.03 Å². The van der Waals surface area contributed by atoms with Gasteiger partial charge in [0.05, 0.1) is 11.6 Å². The van der Waals surface area contributed by atoms with Crippen molar-refractivity contribution in [1.82, 2.24) is 10.6 Å². The summed E-state index contributed by atoms with van der Waals surface area (Å²) in [6.07, 6.45) is 2.58. The van der Waals surface area contributed by atoms with Gasteiger partial charge in [0.25, 0.3) is 0 Å². The third-order valence-corrected chi connectivity index (χ3v) is 5.34. The highest BCUT2D eigenvalue weighted by atomic mass is 16.5. The van der Waals surface area contributed by atoms with E-state index in [1.165, 1.54) is 22.3 Å². The van der Waals surface area contributed by atoms with E-state index in [1.807, 2.05) is 0 Å². The van der Waals surface area contributed by atoms with Crippen LogP contribution >= 0.6 is 0 Å². The second-order valence-electron chi connectivity index (χ2n) is 7.07. The van der Waals surface area contributed by atoms with Gasteiger partial charge in [0.2, 0.25) is 0 Å². The van der Waals surface area contributed by atoms with Crippen LogP contribution in [0.1, 0.15) is 41.5 Å². The molecule has 132 valence electrons. The first-order valence-electron chi connectivity index (χ1n) is 8.83. The summed E-state index contributed by atoms with van der Waals surface area (Å²) in [5.41, 5.74) is 4.66. The van der Waals surface area contributed by atoms with Crippen molar-refractivity contribution in [3.05, 3.63) is 34.4 Å². The molecule has 1 unspecified atom stereocenters. The van der Waals surface area contributed by atoms with Crippen LogP contribution in [-0.4, -0.2) is 37.5 Å². The molecule has 1 aromatic carbocycles. The van der Waals surface area contributed by atoms with Gasteiger partial charge in [-0.1, -0.05) is 17.7 Å². The number of amides is 2. The molecular weight excluding hydrogens is 304 g/mol. The van der Waals surface area contributed by atoms with Gasteiger partial charge in [-0.3, -0.25) is 0 Å². The summed E-state index contributed by atoms with van der Waals surface area (Å²) >= 11 is 0. The van der Waals surface area contributed by atoms with E-state index >= 15 is 0 Å². The molecule has 0 aliphatic carbocycles. The maximum atomic E-state index is 12.4. The predicted molar refractivity (Wildman–Crippen MR) is 93.2 cm³/mol. The molecule has 0 aromatic heterocycles. The summed E-state index contributed by atoms with van der Waals surface area (Å²) in [4.78, 5) is 12.4. The van der Waals surface area contributed by atoms with E-state index in [1.54, 1.807) is 0 Å². The second kappa shape index (κ2) is 7.11. The van der Waals surface area contributed by atoms with Crippen molar-refractivity contribution in [3.8, 4) is 0 Å². The first-order valence-corrected chi connectivity index (χ1v) is 8.83. The highest BCUT2D eigenvalue weighted by molar-refractivity contribution is 5.74. The van der Waals surface area contributed by atoms with E-state index in [4.69, 9.17) is 9.47 Å². The molecule has 2 fully saturated rings. The third-order valence-electron chi connectivity index (χ3n) is 5.34. The standard InChI is InChI=1S/C19H28N2O3/c1-13-10-14(2)16(15(3)11-13)12-20-18(22)21-17-4-7-24-19(17)5-8-23-9-6-19/h10-11,17H,4-9,12H2,1-3H3,(H2,20,21,22). The normalized spacial score (nSPS) is 22.5. The molecule has 2 aliphatic heterocycles. The summed E-state index contributed by atoms with van der Waals surface area (Å²) in [6, 6.07) is 4.27. The largest absolute Gasteiger partial charge is 0.381 e. The lowest BCUT2D eigenvalue weighted by Gasteiger charge is -2.37. The average Bonchev–Trinajstić information content (AvgIpc) is 2.89. The monoisotopic (exact) mass is 332 g/mol. The van der Waals surface area contributed by atoms with E-state index in [2.05, 4.69) is 43.5 Å². The lowest BCUT2D eigenvalue weighted by molar-refractivity contribution is -0.0869. The first-order chi connectivity index (χ1) is 11.5. The zero-order valence-corrected chi connectivity index (χ0v) is 14.9. The molecular formula is C19H28N2O3. The van der Waals surface area contributed by atoms with Crippen LogP contribution in [0.3, 0.4) is 0 Å². The molecule has 5 heteroatoms. The molecule has 0 radical (unpaired) electrons. The number of carbonyl (C=O) groups excluding carboxylic acids is 1. The lowest BCUT2D eigenvalue weighted by atomic mass is 9.86. The molecule has 5 nitrogen and oxygen atoms in total. The molecule has 3 rings (SSSR count). The van der Waals surface area contributed by atoms with E-state index in [9.17, 15) is 4.79 Å². The van der Waals surface area contributed by atoms with E-state index < -0.39 is 0 Å². The van der Waals surface area contributed by atoms with Crippen molar-refractivity contribution in [3.63, 3.8) is 0 Å². The van der Waals surface area contributed by atoms with Crippen LogP contribution in [0, 0.1) is 20.8 Å². The molecule has 2 amide bonds. The number of ether oxygens (including phenoxy) is 2.